The second-order valence-corrected chi connectivity index (χ2v) is 10.9. The Balaban J connectivity index is 1.57. The lowest BCUT2D eigenvalue weighted by atomic mass is 10.0. The van der Waals surface area contributed by atoms with Crippen LogP contribution in [0.15, 0.2) is 52.4 Å². The number of ether oxygens (including phenoxy) is 2. The van der Waals surface area contributed by atoms with Gasteiger partial charge >= 0.3 is 11.9 Å². The summed E-state index contributed by atoms with van der Waals surface area (Å²) in [4.78, 5) is 60.6. The van der Waals surface area contributed by atoms with Gasteiger partial charge in [0.05, 0.1) is 5.92 Å². The number of carbonyl (C=O) groups is 4. The molecular weight excluding hydrogens is 560 g/mol. The van der Waals surface area contributed by atoms with E-state index in [1.807, 2.05) is 6.07 Å². The van der Waals surface area contributed by atoms with Crippen molar-refractivity contribution in [3.63, 3.8) is 0 Å². The molecule has 210 valence electrons. The quantitative estimate of drug-likeness (QED) is 0.0970. The number of oxime groups is 1. The maximum Gasteiger partial charge on any atom is 0.358 e. The number of nitrogen functional groups attached to an aromatic ring is 1. The van der Waals surface area contributed by atoms with Gasteiger partial charge in [-0.1, -0.05) is 37.2 Å². The molecular formula is C25H26N6O7S2. The fourth-order valence-electron chi connectivity index (χ4n) is 3.78. The zero-order valence-corrected chi connectivity index (χ0v) is 23.3. The predicted molar refractivity (Wildman–Crippen MR) is 147 cm³/mol. The molecule has 0 saturated carbocycles. The van der Waals surface area contributed by atoms with Gasteiger partial charge in [-0.2, -0.15) is 0 Å². The summed E-state index contributed by atoms with van der Waals surface area (Å²) in [5, 5.41) is 15.9. The van der Waals surface area contributed by atoms with Crippen LogP contribution in [0.5, 0.6) is 0 Å². The number of nitrogens with zero attached hydrogens (tertiary/aromatic N) is 4. The Morgan fingerprint density at radius 3 is 2.67 bits per heavy atom. The smallest absolute Gasteiger partial charge is 0.358 e. The fourth-order valence-corrected chi connectivity index (χ4v) is 5.65. The monoisotopic (exact) mass is 586 g/mol. The number of esters is 2. The van der Waals surface area contributed by atoms with Gasteiger partial charge < -0.3 is 25.7 Å². The molecule has 2 aromatic heterocycles. The van der Waals surface area contributed by atoms with Crippen LogP contribution in [0.25, 0.3) is 6.08 Å². The van der Waals surface area contributed by atoms with Crippen molar-refractivity contribution in [2.24, 2.45) is 11.1 Å². The molecule has 0 aromatic carbocycles. The summed E-state index contributed by atoms with van der Waals surface area (Å²) in [7, 11) is 0. The lowest BCUT2D eigenvalue weighted by Crippen LogP contribution is -2.71. The van der Waals surface area contributed by atoms with E-state index in [1.165, 1.54) is 29.0 Å². The molecule has 15 heteroatoms. The number of thiazole rings is 1. The second kappa shape index (κ2) is 12.3. The zero-order chi connectivity index (χ0) is 29.0. The number of fused-ring (bicyclic) bond motifs is 1. The van der Waals surface area contributed by atoms with E-state index in [9.17, 15) is 24.4 Å². The average Bonchev–Trinajstić information content (AvgIpc) is 3.36. The molecule has 0 aliphatic carbocycles. The minimum absolute atomic E-state index is 0.0323. The Bertz CT molecular complexity index is 1410. The third-order valence-electron chi connectivity index (χ3n) is 5.75. The van der Waals surface area contributed by atoms with E-state index in [0.29, 0.717) is 11.3 Å². The van der Waals surface area contributed by atoms with Gasteiger partial charge in [-0.3, -0.25) is 24.3 Å². The van der Waals surface area contributed by atoms with E-state index in [2.05, 4.69) is 20.4 Å². The first kappa shape index (κ1) is 28.8. The molecule has 2 amide bonds. The van der Waals surface area contributed by atoms with E-state index in [1.54, 1.807) is 44.5 Å². The highest BCUT2D eigenvalue weighted by atomic mass is 32.2. The number of hydrogen-bond acceptors (Lipinski definition) is 13. The van der Waals surface area contributed by atoms with E-state index in [4.69, 9.17) is 15.2 Å². The van der Waals surface area contributed by atoms with Gasteiger partial charge in [-0.15, -0.1) is 23.1 Å². The van der Waals surface area contributed by atoms with Gasteiger partial charge in [0.1, 0.15) is 22.8 Å². The number of hydrogen-bond donors (Lipinski definition) is 3. The van der Waals surface area contributed by atoms with Crippen molar-refractivity contribution in [2.45, 2.75) is 38.5 Å². The molecule has 2 aliphatic heterocycles. The van der Waals surface area contributed by atoms with Crippen molar-refractivity contribution < 1.29 is 33.9 Å². The van der Waals surface area contributed by atoms with Gasteiger partial charge in [-0.05, 0) is 17.2 Å². The molecule has 1 fully saturated rings. The van der Waals surface area contributed by atoms with Gasteiger partial charge in [0, 0.05) is 30.5 Å². The van der Waals surface area contributed by atoms with Crippen LogP contribution in [0, 0.1) is 5.92 Å². The number of thioether (sulfide) groups is 1. The summed E-state index contributed by atoms with van der Waals surface area (Å²) >= 11 is 2.38. The number of allylic oxidation sites excluding steroid dienone is 1. The molecule has 4 N–H and O–H groups in total. The van der Waals surface area contributed by atoms with Gasteiger partial charge in [0.15, 0.2) is 10.8 Å². The van der Waals surface area contributed by atoms with E-state index in [-0.39, 0.29) is 16.5 Å². The largest absolute Gasteiger partial charge is 0.425 e. The summed E-state index contributed by atoms with van der Waals surface area (Å²) in [6, 6.07) is 2.56. The zero-order valence-electron chi connectivity index (χ0n) is 21.6. The van der Waals surface area contributed by atoms with Crippen molar-refractivity contribution in [1.29, 1.82) is 0 Å². The second-order valence-electron chi connectivity index (χ2n) is 8.94. The minimum atomic E-state index is -1.20. The Morgan fingerprint density at radius 2 is 2.05 bits per heavy atom. The fraction of sp³-hybridized carbons (Fsp3) is 0.320. The first-order valence-electron chi connectivity index (χ1n) is 12.0. The molecule has 13 nitrogen and oxygen atoms in total. The van der Waals surface area contributed by atoms with Crippen molar-refractivity contribution in [3.8, 4) is 0 Å². The summed E-state index contributed by atoms with van der Waals surface area (Å²) in [5.41, 5.74) is 6.48. The molecule has 40 heavy (non-hydrogen) atoms. The number of pyridine rings is 1. The van der Waals surface area contributed by atoms with Gasteiger partial charge in [0.2, 0.25) is 6.29 Å². The highest BCUT2D eigenvalue weighted by molar-refractivity contribution is 8.00. The molecule has 4 heterocycles. The molecule has 2 aromatic rings. The summed E-state index contributed by atoms with van der Waals surface area (Å²) in [6.07, 6.45) is 5.49. The lowest BCUT2D eigenvalue weighted by molar-refractivity contribution is -0.186. The van der Waals surface area contributed by atoms with Crippen LogP contribution in [-0.4, -0.2) is 73.0 Å². The third-order valence-corrected chi connectivity index (χ3v) is 7.72. The maximum atomic E-state index is 13.3. The molecule has 2 aliphatic rings. The number of aromatic nitrogens is 2. The maximum absolute atomic E-state index is 13.3. The highest BCUT2D eigenvalue weighted by Crippen LogP contribution is 2.41. The van der Waals surface area contributed by atoms with Crippen molar-refractivity contribution in [1.82, 2.24) is 20.2 Å². The van der Waals surface area contributed by atoms with Crippen molar-refractivity contribution in [3.05, 3.63) is 58.5 Å². The Morgan fingerprint density at radius 1 is 1.27 bits per heavy atom. The standard InChI is InChI=1S/C25H26N6O7S2/c1-12(2)23(34)37-13(3)38-24(35)19-15(7-6-14-5-4-8-27-9-14)10-39-22-18(21(33)31(19)22)29-20(32)17(30-36)16-11-40-25(26)28-16/h4-9,11-13,18,22,36H,10H2,1-3H3,(H2,26,28)(H,29,32)/b7-6-,30-17-/t13?,18-,22-/m1/s1. The number of rotatable bonds is 9. The number of carbonyl (C=O) groups excluding carboxylic acids is 4. The van der Waals surface area contributed by atoms with Crippen LogP contribution in [-0.2, 0) is 28.7 Å². The number of nitrogens with two attached hydrogens (primary N) is 1. The summed E-state index contributed by atoms with van der Waals surface area (Å²) < 4.78 is 10.5. The van der Waals surface area contributed by atoms with Crippen molar-refractivity contribution >= 4 is 63.8 Å². The first-order chi connectivity index (χ1) is 19.1. The molecule has 0 bridgehead atoms. The number of amides is 2. The first-order valence-corrected chi connectivity index (χ1v) is 13.9. The molecule has 3 atom stereocenters. The van der Waals surface area contributed by atoms with Crippen LogP contribution in [0.4, 0.5) is 5.13 Å². The van der Waals surface area contributed by atoms with E-state index < -0.39 is 53.1 Å². The molecule has 0 radical (unpaired) electrons. The Labute approximate surface area is 237 Å². The molecule has 4 rings (SSSR count). The predicted octanol–water partition coefficient (Wildman–Crippen LogP) is 1.75. The number of anilines is 1. The van der Waals surface area contributed by atoms with Crippen LogP contribution in [0.2, 0.25) is 0 Å². The van der Waals surface area contributed by atoms with Crippen LogP contribution in [0.3, 0.4) is 0 Å². The van der Waals surface area contributed by atoms with E-state index in [0.717, 1.165) is 16.9 Å². The van der Waals surface area contributed by atoms with Gasteiger partial charge in [-0.25, -0.2) is 9.78 Å². The molecule has 1 unspecified atom stereocenters. The van der Waals surface area contributed by atoms with Crippen LogP contribution >= 0.6 is 23.1 Å². The minimum Gasteiger partial charge on any atom is -0.425 e. The molecule has 1 saturated heterocycles. The van der Waals surface area contributed by atoms with Crippen molar-refractivity contribution in [2.75, 3.05) is 11.5 Å². The third kappa shape index (κ3) is 6.15. The number of nitrogens with one attached hydrogen (secondary N) is 1. The van der Waals surface area contributed by atoms with Gasteiger partial charge in [0.25, 0.3) is 11.8 Å². The topological polar surface area (TPSA) is 186 Å². The Kier molecular flexibility index (Phi) is 8.84. The Hall–Kier alpha value is -4.24. The van der Waals surface area contributed by atoms with E-state index >= 15 is 0 Å². The summed E-state index contributed by atoms with van der Waals surface area (Å²) in [5.74, 6) is -2.96. The highest BCUT2D eigenvalue weighted by Gasteiger charge is 2.54. The average molecular weight is 587 g/mol. The number of β-lactam (4-membered cyclic amide) rings is 1. The summed E-state index contributed by atoms with van der Waals surface area (Å²) in [6.45, 7) is 4.70. The SMILES string of the molecule is CC(OC(=O)C1=C(/C=C\c2cccnc2)CS[C@@H]2[C@H](NC(=O)/C(=N\O)c3csc(N)n3)C(=O)N12)OC(=O)C(C)C. The van der Waals surface area contributed by atoms with Crippen LogP contribution < -0.4 is 11.1 Å². The molecule has 0 spiro atoms. The lowest BCUT2D eigenvalue weighted by Gasteiger charge is -2.49. The van der Waals surface area contributed by atoms with Crippen LogP contribution in [0.1, 0.15) is 32.0 Å². The normalized spacial score (nSPS) is 19.8.